The largest absolute Gasteiger partial charge is 0.494 e. The van der Waals surface area contributed by atoms with E-state index < -0.39 is 5.82 Å². The van der Waals surface area contributed by atoms with E-state index in [1.807, 2.05) is 0 Å². The Morgan fingerprint density at radius 3 is 2.94 bits per heavy atom. The van der Waals surface area contributed by atoms with Crippen molar-refractivity contribution in [2.45, 2.75) is 6.42 Å². The van der Waals surface area contributed by atoms with Gasteiger partial charge in [-0.2, -0.15) is 0 Å². The second-order valence-corrected chi connectivity index (χ2v) is 4.70. The molecule has 0 N–H and O–H groups in total. The number of hydrogen-bond donors (Lipinski definition) is 0. The van der Waals surface area contributed by atoms with Gasteiger partial charge in [-0.3, -0.25) is 4.79 Å². The van der Waals surface area contributed by atoms with Crippen molar-refractivity contribution in [1.82, 2.24) is 0 Å². The van der Waals surface area contributed by atoms with Crippen LogP contribution < -0.4 is 9.64 Å². The zero-order chi connectivity index (χ0) is 12.4. The van der Waals surface area contributed by atoms with Crippen LogP contribution in [0.1, 0.15) is 6.42 Å². The first kappa shape index (κ1) is 12.4. The summed E-state index contributed by atoms with van der Waals surface area (Å²) < 4.78 is 18.2. The average Bonchev–Trinajstić information content (AvgIpc) is 2.71. The molecule has 1 aromatic carbocycles. The summed E-state index contributed by atoms with van der Waals surface area (Å²) >= 11 is 3.38. The van der Waals surface area contributed by atoms with Gasteiger partial charge in [0.15, 0.2) is 11.6 Å². The lowest BCUT2D eigenvalue weighted by molar-refractivity contribution is -0.117. The maximum Gasteiger partial charge on any atom is 0.227 e. The van der Waals surface area contributed by atoms with Gasteiger partial charge in [-0.05, 0) is 18.1 Å². The molecule has 5 heteroatoms. The summed E-state index contributed by atoms with van der Waals surface area (Å²) in [7, 11) is 1.41. The first-order chi connectivity index (χ1) is 8.15. The number of carbonyl (C=O) groups excluding carboxylic acids is 1. The number of benzene rings is 1. The highest BCUT2D eigenvalue weighted by atomic mass is 79.9. The van der Waals surface area contributed by atoms with Crippen molar-refractivity contribution in [3.05, 3.63) is 24.0 Å². The number of rotatable bonds is 3. The van der Waals surface area contributed by atoms with Gasteiger partial charge in [0.05, 0.1) is 7.11 Å². The zero-order valence-electron chi connectivity index (χ0n) is 9.45. The number of ether oxygens (including phenoxy) is 1. The fraction of sp³-hybridized carbons (Fsp3) is 0.417. The first-order valence-corrected chi connectivity index (χ1v) is 6.47. The standard InChI is InChI=1S/C12H13BrFNO2/c1-17-11-5-9(2-3-10(11)14)15-7-8(6-13)4-12(15)16/h2-3,5,8H,4,6-7H2,1H3. The molecule has 1 aliphatic rings. The summed E-state index contributed by atoms with van der Waals surface area (Å²) in [5.41, 5.74) is 0.691. The van der Waals surface area contributed by atoms with Crippen molar-refractivity contribution in [2.75, 3.05) is 23.9 Å². The van der Waals surface area contributed by atoms with Gasteiger partial charge >= 0.3 is 0 Å². The Morgan fingerprint density at radius 2 is 2.35 bits per heavy atom. The van der Waals surface area contributed by atoms with Crippen LogP contribution in [0.4, 0.5) is 10.1 Å². The first-order valence-electron chi connectivity index (χ1n) is 5.35. The van der Waals surface area contributed by atoms with Crippen LogP contribution in [0.5, 0.6) is 5.75 Å². The van der Waals surface area contributed by atoms with Gasteiger partial charge in [-0.1, -0.05) is 15.9 Å². The molecule has 2 rings (SSSR count). The highest BCUT2D eigenvalue weighted by Crippen LogP contribution is 2.29. The minimum atomic E-state index is -0.417. The molecule has 0 aromatic heterocycles. The van der Waals surface area contributed by atoms with Gasteiger partial charge in [0, 0.05) is 30.0 Å². The van der Waals surface area contributed by atoms with E-state index in [9.17, 15) is 9.18 Å². The topological polar surface area (TPSA) is 29.5 Å². The molecule has 1 amide bonds. The van der Waals surface area contributed by atoms with Crippen LogP contribution in [0.25, 0.3) is 0 Å². The smallest absolute Gasteiger partial charge is 0.227 e. The molecule has 3 nitrogen and oxygen atoms in total. The fourth-order valence-corrected chi connectivity index (χ4v) is 2.38. The average molecular weight is 302 g/mol. The van der Waals surface area contributed by atoms with Gasteiger partial charge in [0.2, 0.25) is 5.91 Å². The van der Waals surface area contributed by atoms with E-state index in [-0.39, 0.29) is 11.7 Å². The van der Waals surface area contributed by atoms with Crippen LogP contribution in [-0.2, 0) is 4.79 Å². The maximum absolute atomic E-state index is 13.3. The third-order valence-corrected chi connectivity index (χ3v) is 3.79. The predicted octanol–water partition coefficient (Wildman–Crippen LogP) is 2.58. The Bertz CT molecular complexity index is 439. The number of alkyl halides is 1. The van der Waals surface area contributed by atoms with E-state index in [4.69, 9.17) is 4.74 Å². The van der Waals surface area contributed by atoms with E-state index in [0.717, 1.165) is 5.33 Å². The lowest BCUT2D eigenvalue weighted by Gasteiger charge is -2.17. The zero-order valence-corrected chi connectivity index (χ0v) is 11.0. The Hall–Kier alpha value is -1.10. The third-order valence-electron chi connectivity index (χ3n) is 2.87. The Morgan fingerprint density at radius 1 is 1.59 bits per heavy atom. The van der Waals surface area contributed by atoms with Crippen molar-refractivity contribution in [3.8, 4) is 5.75 Å². The van der Waals surface area contributed by atoms with Crippen molar-refractivity contribution in [1.29, 1.82) is 0 Å². The number of anilines is 1. The van der Waals surface area contributed by atoms with Gasteiger partial charge < -0.3 is 9.64 Å². The lowest BCUT2D eigenvalue weighted by atomic mass is 10.2. The van der Waals surface area contributed by atoms with Crippen LogP contribution in [-0.4, -0.2) is 24.9 Å². The molecule has 0 bridgehead atoms. The molecular formula is C12H13BrFNO2. The number of nitrogens with zero attached hydrogens (tertiary/aromatic N) is 1. The van der Waals surface area contributed by atoms with Crippen molar-refractivity contribution in [3.63, 3.8) is 0 Å². The molecule has 0 spiro atoms. The Kier molecular flexibility index (Phi) is 3.66. The highest BCUT2D eigenvalue weighted by molar-refractivity contribution is 9.09. The molecule has 92 valence electrons. The van der Waals surface area contributed by atoms with Crippen LogP contribution in [0, 0.1) is 11.7 Å². The number of methoxy groups -OCH3 is 1. The molecule has 1 fully saturated rings. The summed E-state index contributed by atoms with van der Waals surface area (Å²) in [4.78, 5) is 13.5. The number of amides is 1. The second kappa shape index (κ2) is 5.04. The molecule has 1 aliphatic heterocycles. The summed E-state index contributed by atoms with van der Waals surface area (Å²) in [6.45, 7) is 0.666. The van der Waals surface area contributed by atoms with E-state index in [1.54, 1.807) is 17.0 Å². The molecule has 1 atom stereocenters. The highest BCUT2D eigenvalue weighted by Gasteiger charge is 2.30. The van der Waals surface area contributed by atoms with Crippen LogP contribution in [0.3, 0.4) is 0 Å². The van der Waals surface area contributed by atoms with E-state index in [2.05, 4.69) is 15.9 Å². The van der Waals surface area contributed by atoms with Gasteiger partial charge in [-0.25, -0.2) is 4.39 Å². The van der Waals surface area contributed by atoms with Gasteiger partial charge in [0.1, 0.15) is 0 Å². The summed E-state index contributed by atoms with van der Waals surface area (Å²) in [5, 5.41) is 0.799. The van der Waals surface area contributed by atoms with Crippen LogP contribution in [0.2, 0.25) is 0 Å². The lowest BCUT2D eigenvalue weighted by Crippen LogP contribution is -2.24. The van der Waals surface area contributed by atoms with Crippen molar-refractivity contribution in [2.24, 2.45) is 5.92 Å². The molecule has 1 unspecified atom stereocenters. The summed E-state index contributed by atoms with van der Waals surface area (Å²) in [6, 6.07) is 4.49. The summed E-state index contributed by atoms with van der Waals surface area (Å²) in [6.07, 6.45) is 0.533. The van der Waals surface area contributed by atoms with E-state index in [1.165, 1.54) is 13.2 Å². The monoisotopic (exact) mass is 301 g/mol. The Balaban J connectivity index is 2.26. The summed E-state index contributed by atoms with van der Waals surface area (Å²) in [5.74, 6) is 0.138. The number of carbonyl (C=O) groups is 1. The molecule has 1 saturated heterocycles. The number of halogens is 2. The van der Waals surface area contributed by atoms with Crippen LogP contribution in [0.15, 0.2) is 18.2 Å². The van der Waals surface area contributed by atoms with Gasteiger partial charge in [0.25, 0.3) is 0 Å². The maximum atomic E-state index is 13.3. The third kappa shape index (κ3) is 2.44. The second-order valence-electron chi connectivity index (χ2n) is 4.05. The van der Waals surface area contributed by atoms with Crippen molar-refractivity contribution < 1.29 is 13.9 Å². The molecular weight excluding hydrogens is 289 g/mol. The normalized spacial score (nSPS) is 19.8. The molecule has 0 aliphatic carbocycles. The quantitative estimate of drug-likeness (QED) is 0.803. The Labute approximate surface area is 108 Å². The van der Waals surface area contributed by atoms with Crippen LogP contribution >= 0.6 is 15.9 Å². The number of hydrogen-bond acceptors (Lipinski definition) is 2. The van der Waals surface area contributed by atoms with E-state index >= 15 is 0 Å². The SMILES string of the molecule is COc1cc(N2CC(CBr)CC2=O)ccc1F. The molecule has 1 aromatic rings. The minimum Gasteiger partial charge on any atom is -0.494 e. The molecule has 1 heterocycles. The van der Waals surface area contributed by atoms with Gasteiger partial charge in [-0.15, -0.1) is 0 Å². The molecule has 0 saturated carbocycles. The predicted molar refractivity (Wildman–Crippen MR) is 67.2 cm³/mol. The van der Waals surface area contributed by atoms with Crippen molar-refractivity contribution >= 4 is 27.5 Å². The minimum absolute atomic E-state index is 0.0723. The molecule has 17 heavy (non-hydrogen) atoms. The van der Waals surface area contributed by atoms with E-state index in [0.29, 0.717) is 24.6 Å². The fourth-order valence-electron chi connectivity index (χ4n) is 1.95. The molecule has 0 radical (unpaired) electrons.